The molecule has 100 valence electrons. The van der Waals surface area contributed by atoms with Crippen molar-refractivity contribution in [3.8, 4) is 23.0 Å². The highest BCUT2D eigenvalue weighted by atomic mass is 32.1. The van der Waals surface area contributed by atoms with Gasteiger partial charge in [-0.2, -0.15) is 0 Å². The number of benzene rings is 1. The van der Waals surface area contributed by atoms with Crippen LogP contribution in [0.5, 0.6) is 23.0 Å². The zero-order valence-corrected chi connectivity index (χ0v) is 12.0. The van der Waals surface area contributed by atoms with Crippen molar-refractivity contribution >= 4 is 11.3 Å². The first-order valence-corrected chi connectivity index (χ1v) is 7.86. The lowest BCUT2D eigenvalue weighted by Gasteiger charge is -2.18. The number of aryl methyl sites for hydroxylation is 1. The molecule has 2 nitrogen and oxygen atoms in total. The van der Waals surface area contributed by atoms with Gasteiger partial charge < -0.3 is 9.47 Å². The van der Waals surface area contributed by atoms with Crippen LogP contribution in [0.1, 0.15) is 38.2 Å². The van der Waals surface area contributed by atoms with Gasteiger partial charge in [0.1, 0.15) is 0 Å². The summed E-state index contributed by atoms with van der Waals surface area (Å²) in [5.74, 6) is 3.33. The SMILES string of the molecule is CCCCCCc1ccc2c(c1)Oc1cscc1O2. The van der Waals surface area contributed by atoms with Crippen LogP contribution < -0.4 is 9.47 Å². The summed E-state index contributed by atoms with van der Waals surface area (Å²) < 4.78 is 11.7. The fraction of sp³-hybridized carbons (Fsp3) is 0.375. The van der Waals surface area contributed by atoms with Gasteiger partial charge in [-0.25, -0.2) is 0 Å². The fourth-order valence-corrected chi connectivity index (χ4v) is 2.93. The first-order valence-electron chi connectivity index (χ1n) is 6.91. The lowest BCUT2D eigenvalue weighted by molar-refractivity contribution is 0.362. The minimum absolute atomic E-state index is 0.822. The molecule has 0 saturated carbocycles. The standard InChI is InChI=1S/C16H18O2S/c1-2-3-4-5-6-12-7-8-13-14(9-12)18-16-11-19-10-15(16)17-13/h7-11H,2-6H2,1H3. The molecule has 0 unspecified atom stereocenters. The Morgan fingerprint density at radius 3 is 2.47 bits per heavy atom. The average molecular weight is 274 g/mol. The molecule has 2 aromatic rings. The van der Waals surface area contributed by atoms with E-state index in [9.17, 15) is 0 Å². The molecule has 0 fully saturated rings. The molecular formula is C16H18O2S. The van der Waals surface area contributed by atoms with Crippen molar-refractivity contribution in [3.05, 3.63) is 34.5 Å². The number of thiophene rings is 1. The predicted octanol–water partition coefficient (Wildman–Crippen LogP) is 5.77. The van der Waals surface area contributed by atoms with Crippen LogP contribution in [0.25, 0.3) is 0 Å². The van der Waals surface area contributed by atoms with Crippen LogP contribution in [0, 0.1) is 0 Å². The summed E-state index contributed by atoms with van der Waals surface area (Å²) in [5, 5.41) is 3.95. The van der Waals surface area contributed by atoms with Crippen molar-refractivity contribution in [1.82, 2.24) is 0 Å². The molecule has 3 rings (SSSR count). The van der Waals surface area contributed by atoms with Gasteiger partial charge in [-0.15, -0.1) is 11.3 Å². The number of fused-ring (bicyclic) bond motifs is 2. The van der Waals surface area contributed by atoms with Crippen LogP contribution in [0.4, 0.5) is 0 Å². The van der Waals surface area contributed by atoms with Crippen LogP contribution in [-0.4, -0.2) is 0 Å². The maximum absolute atomic E-state index is 5.87. The Hall–Kier alpha value is -1.48. The summed E-state index contributed by atoms with van der Waals surface area (Å²) >= 11 is 1.60. The third-order valence-electron chi connectivity index (χ3n) is 3.36. The van der Waals surface area contributed by atoms with Gasteiger partial charge in [-0.3, -0.25) is 0 Å². The molecule has 0 amide bonds. The van der Waals surface area contributed by atoms with E-state index in [0.29, 0.717) is 0 Å². The lowest BCUT2D eigenvalue weighted by atomic mass is 10.1. The van der Waals surface area contributed by atoms with Crippen LogP contribution in [0.3, 0.4) is 0 Å². The Morgan fingerprint density at radius 2 is 1.68 bits per heavy atom. The smallest absolute Gasteiger partial charge is 0.180 e. The lowest BCUT2D eigenvalue weighted by Crippen LogP contribution is -1.97. The molecule has 2 heterocycles. The summed E-state index contributed by atoms with van der Waals surface area (Å²) in [6, 6.07) is 6.28. The van der Waals surface area contributed by atoms with E-state index in [2.05, 4.69) is 19.1 Å². The van der Waals surface area contributed by atoms with Crippen molar-refractivity contribution in [2.75, 3.05) is 0 Å². The van der Waals surface area contributed by atoms with E-state index < -0.39 is 0 Å². The highest BCUT2D eigenvalue weighted by Gasteiger charge is 2.19. The van der Waals surface area contributed by atoms with Crippen LogP contribution in [0.15, 0.2) is 29.0 Å². The van der Waals surface area contributed by atoms with Crippen LogP contribution in [0.2, 0.25) is 0 Å². The molecule has 0 bridgehead atoms. The van der Waals surface area contributed by atoms with E-state index in [-0.39, 0.29) is 0 Å². The normalized spacial score (nSPS) is 12.3. The van der Waals surface area contributed by atoms with Crippen molar-refractivity contribution in [2.24, 2.45) is 0 Å². The van der Waals surface area contributed by atoms with Gasteiger partial charge in [-0.05, 0) is 30.5 Å². The molecule has 0 aliphatic carbocycles. The zero-order chi connectivity index (χ0) is 13.1. The van der Waals surface area contributed by atoms with Crippen LogP contribution >= 0.6 is 11.3 Å². The van der Waals surface area contributed by atoms with Gasteiger partial charge >= 0.3 is 0 Å². The Morgan fingerprint density at radius 1 is 0.895 bits per heavy atom. The Kier molecular flexibility index (Phi) is 3.74. The third kappa shape index (κ3) is 2.76. The molecule has 1 aromatic heterocycles. The number of unbranched alkanes of at least 4 members (excludes halogenated alkanes) is 3. The largest absolute Gasteiger partial charge is 0.449 e. The van der Waals surface area contributed by atoms with Crippen molar-refractivity contribution in [2.45, 2.75) is 39.0 Å². The second-order valence-electron chi connectivity index (χ2n) is 4.90. The summed E-state index contributed by atoms with van der Waals surface area (Å²) in [6.45, 7) is 2.24. The summed E-state index contributed by atoms with van der Waals surface area (Å²) in [6.07, 6.45) is 6.27. The first kappa shape index (κ1) is 12.5. The Bertz CT molecular complexity index is 560. The van der Waals surface area contributed by atoms with E-state index in [1.807, 2.05) is 16.8 Å². The number of hydrogen-bond acceptors (Lipinski definition) is 3. The Labute approximate surface area is 118 Å². The second kappa shape index (κ2) is 5.66. The van der Waals surface area contributed by atoms with E-state index in [1.54, 1.807) is 11.3 Å². The molecule has 0 N–H and O–H groups in total. The summed E-state index contributed by atoms with van der Waals surface area (Å²) in [5.41, 5.74) is 1.33. The molecule has 1 aromatic carbocycles. The molecule has 19 heavy (non-hydrogen) atoms. The number of ether oxygens (including phenoxy) is 2. The Balaban J connectivity index is 1.69. The van der Waals surface area contributed by atoms with E-state index in [1.165, 1.54) is 31.2 Å². The minimum atomic E-state index is 0.822. The maximum atomic E-state index is 5.87. The average Bonchev–Trinajstić information content (AvgIpc) is 2.88. The highest BCUT2D eigenvalue weighted by Crippen LogP contribution is 2.47. The molecule has 3 heteroatoms. The molecular weight excluding hydrogens is 256 g/mol. The third-order valence-corrected chi connectivity index (χ3v) is 4.06. The molecule has 0 radical (unpaired) electrons. The molecule has 0 saturated heterocycles. The van der Waals surface area contributed by atoms with Crippen LogP contribution in [-0.2, 0) is 6.42 Å². The van der Waals surface area contributed by atoms with E-state index in [0.717, 1.165) is 29.4 Å². The molecule has 0 spiro atoms. The quantitative estimate of drug-likeness (QED) is 0.550. The molecule has 1 aliphatic rings. The monoisotopic (exact) mass is 274 g/mol. The molecule has 1 aliphatic heterocycles. The van der Waals surface area contributed by atoms with Crippen molar-refractivity contribution in [1.29, 1.82) is 0 Å². The van der Waals surface area contributed by atoms with Gasteiger partial charge in [-0.1, -0.05) is 32.3 Å². The maximum Gasteiger partial charge on any atom is 0.180 e. The highest BCUT2D eigenvalue weighted by molar-refractivity contribution is 7.08. The first-order chi connectivity index (χ1) is 9.36. The van der Waals surface area contributed by atoms with Gasteiger partial charge in [0.15, 0.2) is 23.0 Å². The van der Waals surface area contributed by atoms with Gasteiger partial charge in [0.05, 0.1) is 0 Å². The van der Waals surface area contributed by atoms with Crippen molar-refractivity contribution in [3.63, 3.8) is 0 Å². The van der Waals surface area contributed by atoms with Crippen molar-refractivity contribution < 1.29 is 9.47 Å². The number of hydrogen-bond donors (Lipinski definition) is 0. The summed E-state index contributed by atoms with van der Waals surface area (Å²) in [4.78, 5) is 0. The zero-order valence-electron chi connectivity index (χ0n) is 11.1. The van der Waals surface area contributed by atoms with E-state index in [4.69, 9.17) is 9.47 Å². The van der Waals surface area contributed by atoms with Gasteiger partial charge in [0, 0.05) is 10.8 Å². The van der Waals surface area contributed by atoms with E-state index >= 15 is 0 Å². The second-order valence-corrected chi connectivity index (χ2v) is 5.64. The van der Waals surface area contributed by atoms with Gasteiger partial charge in [0.2, 0.25) is 0 Å². The predicted molar refractivity (Wildman–Crippen MR) is 78.8 cm³/mol. The van der Waals surface area contributed by atoms with Gasteiger partial charge in [0.25, 0.3) is 0 Å². The minimum Gasteiger partial charge on any atom is -0.449 e. The molecule has 0 atom stereocenters. The topological polar surface area (TPSA) is 18.5 Å². The summed E-state index contributed by atoms with van der Waals surface area (Å²) in [7, 11) is 0. The number of rotatable bonds is 5. The fourth-order valence-electron chi connectivity index (χ4n) is 2.29.